The molecule has 2 heterocycles. The van der Waals surface area contributed by atoms with E-state index in [1.807, 2.05) is 18.2 Å². The number of anilines is 2. The van der Waals surface area contributed by atoms with Gasteiger partial charge < -0.3 is 10.6 Å². The number of aromatic nitrogens is 1. The van der Waals surface area contributed by atoms with E-state index in [9.17, 15) is 4.39 Å². The molecule has 3 aromatic rings. The van der Waals surface area contributed by atoms with Gasteiger partial charge in [-0.2, -0.15) is 5.26 Å². The number of pyridine rings is 1. The SMILES string of the molecule is N#CC1CCN(c2ccc3cc(-c4ccccc4F)c(N)nc3c2)CC1. The van der Waals surface area contributed by atoms with Crippen molar-refractivity contribution in [2.45, 2.75) is 12.8 Å². The molecule has 0 bridgehead atoms. The van der Waals surface area contributed by atoms with Gasteiger partial charge in [0.1, 0.15) is 11.6 Å². The first-order chi connectivity index (χ1) is 12.7. The van der Waals surface area contributed by atoms with Crippen molar-refractivity contribution in [3.63, 3.8) is 0 Å². The normalized spacial score (nSPS) is 15.2. The molecule has 130 valence electrons. The van der Waals surface area contributed by atoms with Gasteiger partial charge in [-0.05, 0) is 37.1 Å². The molecule has 5 heteroatoms. The van der Waals surface area contributed by atoms with Crippen molar-refractivity contribution in [1.29, 1.82) is 5.26 Å². The standard InChI is InChI=1S/C21H19FN4/c22-19-4-2-1-3-17(19)18-11-15-5-6-16(12-20(15)25-21(18)24)26-9-7-14(13-23)8-10-26/h1-6,11-12,14H,7-10H2,(H2,24,25). The summed E-state index contributed by atoms with van der Waals surface area (Å²) in [5, 5.41) is 9.96. The van der Waals surface area contributed by atoms with E-state index in [0.717, 1.165) is 42.5 Å². The van der Waals surface area contributed by atoms with E-state index in [2.05, 4.69) is 22.0 Å². The Balaban J connectivity index is 1.69. The zero-order valence-corrected chi connectivity index (χ0v) is 14.3. The third-order valence-corrected chi connectivity index (χ3v) is 5.04. The smallest absolute Gasteiger partial charge is 0.132 e. The van der Waals surface area contributed by atoms with E-state index in [4.69, 9.17) is 11.0 Å². The highest BCUT2D eigenvalue weighted by atomic mass is 19.1. The summed E-state index contributed by atoms with van der Waals surface area (Å²) in [6.45, 7) is 1.74. The highest BCUT2D eigenvalue weighted by molar-refractivity contribution is 5.90. The summed E-state index contributed by atoms with van der Waals surface area (Å²) in [7, 11) is 0. The first kappa shape index (κ1) is 16.3. The molecule has 0 aliphatic carbocycles. The van der Waals surface area contributed by atoms with Gasteiger partial charge in [-0.25, -0.2) is 9.37 Å². The Bertz CT molecular complexity index is 1000. The fourth-order valence-corrected chi connectivity index (χ4v) is 3.53. The second-order valence-corrected chi connectivity index (χ2v) is 6.67. The topological polar surface area (TPSA) is 65.9 Å². The van der Waals surface area contributed by atoms with E-state index in [1.165, 1.54) is 6.07 Å². The quantitative estimate of drug-likeness (QED) is 0.748. The summed E-state index contributed by atoms with van der Waals surface area (Å²) in [6.07, 6.45) is 1.77. The predicted octanol–water partition coefficient (Wildman–Crippen LogP) is 4.36. The van der Waals surface area contributed by atoms with Crippen molar-refractivity contribution >= 4 is 22.4 Å². The lowest BCUT2D eigenvalue weighted by Crippen LogP contribution is -2.33. The van der Waals surface area contributed by atoms with Gasteiger partial charge in [0.2, 0.25) is 0 Å². The van der Waals surface area contributed by atoms with Crippen molar-refractivity contribution in [2.24, 2.45) is 5.92 Å². The number of nitriles is 1. The molecule has 2 aromatic carbocycles. The van der Waals surface area contributed by atoms with Gasteiger partial charge in [0.25, 0.3) is 0 Å². The fourth-order valence-electron chi connectivity index (χ4n) is 3.53. The average molecular weight is 346 g/mol. The summed E-state index contributed by atoms with van der Waals surface area (Å²) in [4.78, 5) is 6.79. The molecule has 0 atom stereocenters. The van der Waals surface area contributed by atoms with Gasteiger partial charge in [-0.15, -0.1) is 0 Å². The number of rotatable bonds is 2. The molecule has 1 aliphatic heterocycles. The van der Waals surface area contributed by atoms with Crippen LogP contribution in [0.15, 0.2) is 48.5 Å². The number of fused-ring (bicyclic) bond motifs is 1. The first-order valence-corrected chi connectivity index (χ1v) is 8.75. The van der Waals surface area contributed by atoms with Gasteiger partial charge in [-0.3, -0.25) is 0 Å². The number of nitrogen functional groups attached to an aromatic ring is 1. The number of hydrogen-bond acceptors (Lipinski definition) is 4. The fraction of sp³-hybridized carbons (Fsp3) is 0.238. The van der Waals surface area contributed by atoms with Crippen molar-refractivity contribution in [2.75, 3.05) is 23.7 Å². The Morgan fingerprint density at radius 1 is 1.08 bits per heavy atom. The summed E-state index contributed by atoms with van der Waals surface area (Å²) < 4.78 is 14.1. The van der Waals surface area contributed by atoms with Crippen molar-refractivity contribution in [3.8, 4) is 17.2 Å². The molecule has 4 rings (SSSR count). The number of benzene rings is 2. The second kappa shape index (κ2) is 6.64. The molecule has 1 fully saturated rings. The Labute approximate surface area is 151 Å². The molecular formula is C21H19FN4. The Hall–Kier alpha value is -3.13. The maximum absolute atomic E-state index is 14.1. The van der Waals surface area contributed by atoms with Crippen LogP contribution in [0, 0.1) is 23.1 Å². The first-order valence-electron chi connectivity index (χ1n) is 8.75. The van der Waals surface area contributed by atoms with E-state index in [1.54, 1.807) is 18.2 Å². The number of piperidine rings is 1. The minimum absolute atomic E-state index is 0.156. The summed E-state index contributed by atoms with van der Waals surface area (Å²) in [5.74, 6) is 0.170. The minimum Gasteiger partial charge on any atom is -0.383 e. The van der Waals surface area contributed by atoms with Crippen LogP contribution in [0.2, 0.25) is 0 Å². The Morgan fingerprint density at radius 2 is 1.85 bits per heavy atom. The molecule has 2 N–H and O–H groups in total. The molecular weight excluding hydrogens is 327 g/mol. The van der Waals surface area contributed by atoms with Crippen LogP contribution < -0.4 is 10.6 Å². The van der Waals surface area contributed by atoms with Crippen LogP contribution in [0.4, 0.5) is 15.9 Å². The van der Waals surface area contributed by atoms with Gasteiger partial charge in [0.15, 0.2) is 0 Å². The van der Waals surface area contributed by atoms with Crippen LogP contribution in [-0.2, 0) is 0 Å². The minimum atomic E-state index is -0.308. The molecule has 1 aliphatic rings. The van der Waals surface area contributed by atoms with E-state index in [0.29, 0.717) is 16.9 Å². The second-order valence-electron chi connectivity index (χ2n) is 6.67. The van der Waals surface area contributed by atoms with Crippen LogP contribution in [0.5, 0.6) is 0 Å². The van der Waals surface area contributed by atoms with Crippen molar-refractivity contribution in [3.05, 3.63) is 54.3 Å². The zero-order chi connectivity index (χ0) is 18.1. The zero-order valence-electron chi connectivity index (χ0n) is 14.3. The Morgan fingerprint density at radius 3 is 2.58 bits per heavy atom. The van der Waals surface area contributed by atoms with Gasteiger partial charge >= 0.3 is 0 Å². The lowest BCUT2D eigenvalue weighted by atomic mass is 9.98. The number of nitrogens with zero attached hydrogens (tertiary/aromatic N) is 3. The maximum atomic E-state index is 14.1. The van der Waals surface area contributed by atoms with E-state index < -0.39 is 0 Å². The van der Waals surface area contributed by atoms with E-state index >= 15 is 0 Å². The van der Waals surface area contributed by atoms with Gasteiger partial charge in [0.05, 0.1) is 11.6 Å². The summed E-state index contributed by atoms with van der Waals surface area (Å²) >= 11 is 0. The van der Waals surface area contributed by atoms with Crippen LogP contribution in [0.1, 0.15) is 12.8 Å². The number of halogens is 1. The monoisotopic (exact) mass is 346 g/mol. The molecule has 0 radical (unpaired) electrons. The van der Waals surface area contributed by atoms with Crippen LogP contribution in [0.3, 0.4) is 0 Å². The highest BCUT2D eigenvalue weighted by Gasteiger charge is 2.19. The highest BCUT2D eigenvalue weighted by Crippen LogP contribution is 2.32. The number of hydrogen-bond donors (Lipinski definition) is 1. The van der Waals surface area contributed by atoms with E-state index in [-0.39, 0.29) is 11.7 Å². The van der Waals surface area contributed by atoms with Crippen molar-refractivity contribution < 1.29 is 4.39 Å². The largest absolute Gasteiger partial charge is 0.383 e. The lowest BCUT2D eigenvalue weighted by molar-refractivity contribution is 0.488. The molecule has 1 saturated heterocycles. The molecule has 0 amide bonds. The lowest BCUT2D eigenvalue weighted by Gasteiger charge is -2.31. The summed E-state index contributed by atoms with van der Waals surface area (Å²) in [5.41, 5.74) is 9.07. The van der Waals surface area contributed by atoms with Crippen LogP contribution in [0.25, 0.3) is 22.0 Å². The van der Waals surface area contributed by atoms with Gasteiger partial charge in [0, 0.05) is 41.2 Å². The number of nitrogens with two attached hydrogens (primary N) is 1. The third kappa shape index (κ3) is 2.95. The molecule has 0 unspecified atom stereocenters. The summed E-state index contributed by atoms with van der Waals surface area (Å²) in [6, 6.07) is 16.9. The molecule has 1 aromatic heterocycles. The molecule has 0 spiro atoms. The molecule has 4 nitrogen and oxygen atoms in total. The Kier molecular flexibility index (Phi) is 4.18. The van der Waals surface area contributed by atoms with Crippen LogP contribution >= 0.6 is 0 Å². The molecule has 26 heavy (non-hydrogen) atoms. The maximum Gasteiger partial charge on any atom is 0.132 e. The van der Waals surface area contributed by atoms with Crippen molar-refractivity contribution in [1.82, 2.24) is 4.98 Å². The van der Waals surface area contributed by atoms with Crippen LogP contribution in [-0.4, -0.2) is 18.1 Å². The van der Waals surface area contributed by atoms with Gasteiger partial charge in [-0.1, -0.05) is 24.3 Å². The predicted molar refractivity (Wildman–Crippen MR) is 102 cm³/mol. The average Bonchev–Trinajstić information content (AvgIpc) is 2.68. The molecule has 0 saturated carbocycles. The third-order valence-electron chi connectivity index (χ3n) is 5.04.